The summed E-state index contributed by atoms with van der Waals surface area (Å²) in [6.45, 7) is 5.21. The lowest BCUT2D eigenvalue weighted by Crippen LogP contribution is -2.23. The molecule has 2 aliphatic carbocycles. The Kier molecular flexibility index (Phi) is 9.32. The number of ether oxygens (including phenoxy) is 1. The number of allylic oxidation sites excluding steroid dienone is 2. The maximum Gasteiger partial charge on any atom is 0.119 e. The molecule has 1 heteroatoms. The smallest absolute Gasteiger partial charge is 0.119 e. The van der Waals surface area contributed by atoms with E-state index in [0.717, 1.165) is 48.5 Å². The maximum atomic E-state index is 5.69. The number of hydrogen-bond donors (Lipinski definition) is 0. The molecule has 0 aromatic heterocycles. The van der Waals surface area contributed by atoms with Gasteiger partial charge in [-0.3, -0.25) is 0 Å². The Bertz CT molecular complexity index is 962. The van der Waals surface area contributed by atoms with Crippen molar-refractivity contribution in [3.8, 4) is 28.7 Å². The molecule has 0 amide bonds. The molecule has 2 aromatic carbocycles. The molecule has 0 radical (unpaired) electrons. The van der Waals surface area contributed by atoms with E-state index in [4.69, 9.17) is 4.74 Å². The second kappa shape index (κ2) is 12.9. The first-order valence-electron chi connectivity index (χ1n) is 13.8. The van der Waals surface area contributed by atoms with Crippen LogP contribution in [0, 0.1) is 29.6 Å². The van der Waals surface area contributed by atoms with Crippen LogP contribution < -0.4 is 4.74 Å². The van der Waals surface area contributed by atoms with Crippen molar-refractivity contribution in [2.45, 2.75) is 84.5 Å². The topological polar surface area (TPSA) is 9.23 Å². The fourth-order valence-corrected chi connectivity index (χ4v) is 5.70. The molecule has 0 N–H and O–H groups in total. The molecule has 0 saturated heterocycles. The largest absolute Gasteiger partial charge is 0.494 e. The predicted octanol–water partition coefficient (Wildman–Crippen LogP) is 9.22. The fraction of sp³-hybridized carbons (Fsp3) is 0.515. The minimum Gasteiger partial charge on any atom is -0.494 e. The van der Waals surface area contributed by atoms with E-state index in [9.17, 15) is 0 Å². The Morgan fingerprint density at radius 1 is 0.765 bits per heavy atom. The molecule has 0 heterocycles. The van der Waals surface area contributed by atoms with Crippen molar-refractivity contribution in [2.24, 2.45) is 17.8 Å². The summed E-state index contributed by atoms with van der Waals surface area (Å²) < 4.78 is 5.69. The molecule has 1 saturated carbocycles. The second-order valence-corrected chi connectivity index (χ2v) is 10.4. The lowest BCUT2D eigenvalue weighted by molar-refractivity contribution is 0.186. The van der Waals surface area contributed by atoms with Gasteiger partial charge in [-0.25, -0.2) is 0 Å². The van der Waals surface area contributed by atoms with Crippen molar-refractivity contribution in [2.75, 3.05) is 6.61 Å². The zero-order valence-corrected chi connectivity index (χ0v) is 21.3. The fourth-order valence-electron chi connectivity index (χ4n) is 5.70. The van der Waals surface area contributed by atoms with Gasteiger partial charge in [-0.2, -0.15) is 0 Å². The first-order valence-corrected chi connectivity index (χ1v) is 13.8. The number of rotatable bonds is 8. The van der Waals surface area contributed by atoms with Crippen molar-refractivity contribution >= 4 is 0 Å². The average Bonchev–Trinajstić information content (AvgIpc) is 2.91. The van der Waals surface area contributed by atoms with Gasteiger partial charge in [-0.05, 0) is 97.2 Å². The minimum atomic E-state index is 0.768. The number of benzene rings is 2. The van der Waals surface area contributed by atoms with Crippen LogP contribution in [0.4, 0.5) is 0 Å². The van der Waals surface area contributed by atoms with Gasteiger partial charge in [0.15, 0.2) is 0 Å². The second-order valence-electron chi connectivity index (χ2n) is 10.4. The van der Waals surface area contributed by atoms with Gasteiger partial charge >= 0.3 is 0 Å². The van der Waals surface area contributed by atoms with Crippen LogP contribution in [0.25, 0.3) is 11.1 Å². The third-order valence-corrected chi connectivity index (χ3v) is 7.89. The van der Waals surface area contributed by atoms with Crippen molar-refractivity contribution in [3.05, 3.63) is 65.7 Å². The summed E-state index contributed by atoms with van der Waals surface area (Å²) in [5.41, 5.74) is 4.88. The molecule has 1 atom stereocenters. The molecule has 1 nitrogen and oxygen atoms in total. The van der Waals surface area contributed by atoms with E-state index >= 15 is 0 Å². The molecule has 0 aliphatic heterocycles. The van der Waals surface area contributed by atoms with Crippen LogP contribution in [-0.2, 0) is 0 Å². The summed E-state index contributed by atoms with van der Waals surface area (Å²) in [7, 11) is 0. The molecule has 0 bridgehead atoms. The molecule has 2 aliphatic rings. The Hall–Kier alpha value is -2.46. The number of unbranched alkanes of at least 4 members (excludes halogenated alkanes) is 1. The highest BCUT2D eigenvalue weighted by molar-refractivity contribution is 5.65. The molecular weight excluding hydrogens is 412 g/mol. The highest BCUT2D eigenvalue weighted by Crippen LogP contribution is 2.40. The molecule has 2 aromatic rings. The molecule has 34 heavy (non-hydrogen) atoms. The minimum absolute atomic E-state index is 0.768. The summed E-state index contributed by atoms with van der Waals surface area (Å²) in [6, 6.07) is 17.0. The summed E-state index contributed by atoms with van der Waals surface area (Å²) in [4.78, 5) is 0. The van der Waals surface area contributed by atoms with Gasteiger partial charge in [-0.15, -0.1) is 0 Å². The van der Waals surface area contributed by atoms with Gasteiger partial charge in [0.2, 0.25) is 0 Å². The third kappa shape index (κ3) is 7.02. The van der Waals surface area contributed by atoms with Gasteiger partial charge < -0.3 is 4.74 Å². The van der Waals surface area contributed by atoms with Crippen LogP contribution in [0.15, 0.2) is 60.2 Å². The van der Waals surface area contributed by atoms with Crippen molar-refractivity contribution < 1.29 is 4.74 Å². The molecular formula is C33H42O. The van der Waals surface area contributed by atoms with Crippen molar-refractivity contribution in [3.63, 3.8) is 0 Å². The van der Waals surface area contributed by atoms with E-state index < -0.39 is 0 Å². The summed E-state index contributed by atoms with van der Waals surface area (Å²) in [5, 5.41) is 0. The van der Waals surface area contributed by atoms with Gasteiger partial charge in [0.05, 0.1) is 6.61 Å². The van der Waals surface area contributed by atoms with Crippen LogP contribution in [0.2, 0.25) is 0 Å². The summed E-state index contributed by atoms with van der Waals surface area (Å²) in [5.74, 6) is 10.7. The Balaban J connectivity index is 1.27. The molecule has 180 valence electrons. The standard InChI is InChI=1S/C33H42O/c1-3-5-6-26-9-15-29(16-10-26)30-17-11-27(12-18-30)7-8-28-13-19-31(20-14-28)32-21-23-33(24-22-32)34-25-4-2/h11,13-14,19-24,26,29-30H,3-6,9-10,12,15-18,25H2,1-2H3. The monoisotopic (exact) mass is 454 g/mol. The SMILES string of the molecule is CCCCC1CCC(C2CC=C(C#Cc3ccc(-c4ccc(OCCC)cc4)cc3)CC2)CC1. The quantitative estimate of drug-likeness (QED) is 0.361. The lowest BCUT2D eigenvalue weighted by atomic mass is 9.71. The molecule has 0 spiro atoms. The van der Waals surface area contributed by atoms with Crippen LogP contribution in [0.3, 0.4) is 0 Å². The summed E-state index contributed by atoms with van der Waals surface area (Å²) in [6.07, 6.45) is 17.3. The molecule has 1 unspecified atom stereocenters. The Morgan fingerprint density at radius 2 is 1.47 bits per heavy atom. The van der Waals surface area contributed by atoms with Gasteiger partial charge in [0.1, 0.15) is 5.75 Å². The predicted molar refractivity (Wildman–Crippen MR) is 145 cm³/mol. The highest BCUT2D eigenvalue weighted by Gasteiger charge is 2.28. The van der Waals surface area contributed by atoms with E-state index in [0.29, 0.717) is 0 Å². The van der Waals surface area contributed by atoms with E-state index in [2.05, 4.69) is 80.3 Å². The van der Waals surface area contributed by atoms with Crippen LogP contribution in [-0.4, -0.2) is 6.61 Å². The van der Waals surface area contributed by atoms with Gasteiger partial charge in [-0.1, -0.05) is 88.1 Å². The zero-order valence-electron chi connectivity index (χ0n) is 21.3. The van der Waals surface area contributed by atoms with Gasteiger partial charge in [0.25, 0.3) is 0 Å². The van der Waals surface area contributed by atoms with E-state index in [-0.39, 0.29) is 0 Å². The normalized spacial score (nSPS) is 22.4. The number of hydrogen-bond acceptors (Lipinski definition) is 1. The molecule has 4 rings (SSSR count). The first kappa shape index (κ1) is 24.7. The van der Waals surface area contributed by atoms with Crippen molar-refractivity contribution in [1.82, 2.24) is 0 Å². The van der Waals surface area contributed by atoms with Crippen LogP contribution in [0.5, 0.6) is 5.75 Å². The van der Waals surface area contributed by atoms with Gasteiger partial charge in [0, 0.05) is 5.56 Å². The van der Waals surface area contributed by atoms with E-state index in [1.807, 2.05) is 0 Å². The first-order chi connectivity index (χ1) is 16.7. The lowest BCUT2D eigenvalue weighted by Gasteiger charge is -2.35. The van der Waals surface area contributed by atoms with Crippen molar-refractivity contribution in [1.29, 1.82) is 0 Å². The van der Waals surface area contributed by atoms with E-state index in [1.54, 1.807) is 0 Å². The third-order valence-electron chi connectivity index (χ3n) is 7.89. The Morgan fingerprint density at radius 3 is 2.09 bits per heavy atom. The van der Waals surface area contributed by atoms with E-state index in [1.165, 1.54) is 74.5 Å². The van der Waals surface area contributed by atoms with Crippen LogP contribution >= 0.6 is 0 Å². The van der Waals surface area contributed by atoms with Crippen LogP contribution in [0.1, 0.15) is 90.0 Å². The highest BCUT2D eigenvalue weighted by atomic mass is 16.5. The zero-order chi connectivity index (χ0) is 23.6. The average molecular weight is 455 g/mol. The molecule has 1 fully saturated rings. The Labute approximate surface area is 208 Å². The maximum absolute atomic E-state index is 5.69. The summed E-state index contributed by atoms with van der Waals surface area (Å²) >= 11 is 0.